The van der Waals surface area contributed by atoms with E-state index in [1.54, 1.807) is 0 Å². The zero-order valence-corrected chi connectivity index (χ0v) is 20.9. The molecule has 1 aliphatic heterocycles. The zero-order chi connectivity index (χ0) is 26.6. The molecule has 0 spiro atoms. The first-order valence-corrected chi connectivity index (χ1v) is 12.4. The van der Waals surface area contributed by atoms with Gasteiger partial charge in [-0.2, -0.15) is 0 Å². The highest BCUT2D eigenvalue weighted by molar-refractivity contribution is 6.30. The van der Waals surface area contributed by atoms with Crippen molar-refractivity contribution in [2.24, 2.45) is 5.92 Å². The minimum absolute atomic E-state index is 0.0802. The molecule has 11 heteroatoms. The van der Waals surface area contributed by atoms with Crippen LogP contribution in [0, 0.1) is 17.6 Å². The van der Waals surface area contributed by atoms with Crippen molar-refractivity contribution < 1.29 is 28.6 Å². The van der Waals surface area contributed by atoms with Crippen LogP contribution in [0.15, 0.2) is 23.1 Å². The number of hydrogen-bond acceptors (Lipinski definition) is 5. The van der Waals surface area contributed by atoms with Crippen molar-refractivity contribution in [3.63, 3.8) is 0 Å². The predicted molar refractivity (Wildman–Crippen MR) is 130 cm³/mol. The van der Waals surface area contributed by atoms with Gasteiger partial charge >= 0.3 is 0 Å². The monoisotopic (exact) mass is 525 g/mol. The number of hydrogen-bond donors (Lipinski definition) is 3. The zero-order valence-electron chi connectivity index (χ0n) is 20.2. The van der Waals surface area contributed by atoms with Crippen molar-refractivity contribution in [2.75, 3.05) is 19.7 Å². The van der Waals surface area contributed by atoms with E-state index in [-0.39, 0.29) is 37.0 Å². The smallest absolute Gasteiger partial charge is 0.274 e. The lowest BCUT2D eigenvalue weighted by Crippen LogP contribution is -2.45. The summed E-state index contributed by atoms with van der Waals surface area (Å²) in [6.45, 7) is 4.13. The third-order valence-corrected chi connectivity index (χ3v) is 6.56. The van der Waals surface area contributed by atoms with E-state index in [2.05, 4.69) is 5.32 Å². The number of halogens is 3. The molecule has 0 saturated heterocycles. The summed E-state index contributed by atoms with van der Waals surface area (Å²) < 4.78 is 29.0. The Morgan fingerprint density at radius 2 is 1.92 bits per heavy atom. The van der Waals surface area contributed by atoms with Gasteiger partial charge in [-0.05, 0) is 24.8 Å². The second-order valence-electron chi connectivity index (χ2n) is 8.65. The van der Waals surface area contributed by atoms with Gasteiger partial charge in [-0.25, -0.2) is 8.78 Å². The Labute approximate surface area is 212 Å². The van der Waals surface area contributed by atoms with E-state index >= 15 is 0 Å². The van der Waals surface area contributed by atoms with Gasteiger partial charge in [0.1, 0.15) is 22.2 Å². The number of nitrogens with one attached hydrogen (secondary N) is 1. The Morgan fingerprint density at radius 1 is 1.22 bits per heavy atom. The topological polar surface area (TPSA) is 112 Å². The van der Waals surface area contributed by atoms with Gasteiger partial charge in [-0.15, -0.1) is 0 Å². The van der Waals surface area contributed by atoms with Crippen LogP contribution in [0.1, 0.15) is 72.0 Å². The highest BCUT2D eigenvalue weighted by atomic mass is 35.5. The summed E-state index contributed by atoms with van der Waals surface area (Å²) in [7, 11) is 0. The van der Waals surface area contributed by atoms with Crippen LogP contribution in [-0.4, -0.2) is 51.2 Å². The summed E-state index contributed by atoms with van der Waals surface area (Å²) in [5, 5.41) is 21.4. The average Bonchev–Trinajstić information content (AvgIpc) is 3.70. The summed E-state index contributed by atoms with van der Waals surface area (Å²) >= 11 is 5.56. The van der Waals surface area contributed by atoms with E-state index < -0.39 is 45.2 Å². The third kappa shape index (κ3) is 5.70. The first kappa shape index (κ1) is 27.6. The van der Waals surface area contributed by atoms with Crippen molar-refractivity contribution >= 4 is 23.4 Å². The maximum absolute atomic E-state index is 14.1. The molecule has 1 saturated carbocycles. The average molecular weight is 526 g/mol. The molecule has 8 nitrogen and oxygen atoms in total. The van der Waals surface area contributed by atoms with Gasteiger partial charge in [-0.3, -0.25) is 14.4 Å². The van der Waals surface area contributed by atoms with Crippen LogP contribution in [0.4, 0.5) is 8.78 Å². The lowest BCUT2D eigenvalue weighted by atomic mass is 10.0. The number of carbonyl (C=O) groups excluding carboxylic acids is 2. The standard InChI is InChI=1S/C23H24ClF2N3O5.C2H6/c24-17-16(25)5-4-13(18(17)26)9-27-22(33)15-11-29-14(8-12-2-3-12)10-28(6-1-7-30)23(34)19(29)21(32)20(15)31;1-2/h4-5,11-12,14,30,32H,1-3,6-10H2,(H,27,33);1-2H3/t14-;/m1./s1. The number of benzene rings is 1. The fourth-order valence-electron chi connectivity index (χ4n) is 4.21. The van der Waals surface area contributed by atoms with E-state index in [1.165, 1.54) is 15.7 Å². The number of fused-ring (bicyclic) bond motifs is 1. The molecule has 1 aliphatic carbocycles. The highest BCUT2D eigenvalue weighted by Gasteiger charge is 2.37. The molecule has 3 N–H and O–H groups in total. The van der Waals surface area contributed by atoms with Gasteiger partial charge < -0.3 is 25.0 Å². The molecule has 2 amide bonds. The molecule has 4 rings (SSSR count). The van der Waals surface area contributed by atoms with E-state index in [1.807, 2.05) is 13.8 Å². The number of aromatic hydroxyl groups is 1. The van der Waals surface area contributed by atoms with Crippen molar-refractivity contribution in [1.82, 2.24) is 14.8 Å². The fourth-order valence-corrected chi connectivity index (χ4v) is 4.39. The first-order chi connectivity index (χ1) is 17.2. The summed E-state index contributed by atoms with van der Waals surface area (Å²) in [6.07, 6.45) is 4.41. The summed E-state index contributed by atoms with van der Waals surface area (Å²) in [5.74, 6) is -3.77. The van der Waals surface area contributed by atoms with Crippen molar-refractivity contribution in [1.29, 1.82) is 0 Å². The van der Waals surface area contributed by atoms with Crippen LogP contribution in [-0.2, 0) is 6.54 Å². The Bertz CT molecular complexity index is 1200. The van der Waals surface area contributed by atoms with E-state index in [9.17, 15) is 28.3 Å². The molecular weight excluding hydrogens is 496 g/mol. The minimum Gasteiger partial charge on any atom is -0.503 e. The molecular formula is C25H30ClF2N3O5. The van der Waals surface area contributed by atoms with E-state index in [0.717, 1.165) is 25.0 Å². The maximum Gasteiger partial charge on any atom is 0.274 e. The molecule has 2 aromatic rings. The van der Waals surface area contributed by atoms with Crippen molar-refractivity contribution in [3.8, 4) is 5.75 Å². The summed E-state index contributed by atoms with van der Waals surface area (Å²) in [6, 6.07) is 1.83. The molecule has 0 unspecified atom stereocenters. The molecule has 1 atom stereocenters. The van der Waals surface area contributed by atoms with Gasteiger partial charge in [0.2, 0.25) is 5.43 Å². The minimum atomic E-state index is -1.02. The molecule has 196 valence electrons. The Kier molecular flexibility index (Phi) is 9.08. The Balaban J connectivity index is 0.00000176. The SMILES string of the molecule is CC.O=C(NCc1ccc(F)c(Cl)c1F)c1cn2c(c(O)c1=O)C(=O)N(CCCO)C[C@H]2CC1CC1. The number of aliphatic hydroxyl groups is 1. The molecule has 1 aromatic carbocycles. The Hall–Kier alpha value is -2.98. The second kappa shape index (κ2) is 11.8. The molecule has 36 heavy (non-hydrogen) atoms. The molecule has 1 aromatic heterocycles. The van der Waals surface area contributed by atoms with E-state index in [4.69, 9.17) is 16.7 Å². The molecule has 0 bridgehead atoms. The molecule has 2 heterocycles. The van der Waals surface area contributed by atoms with Crippen LogP contribution >= 0.6 is 11.6 Å². The second-order valence-corrected chi connectivity index (χ2v) is 9.03. The van der Waals surface area contributed by atoms with Crippen LogP contribution < -0.4 is 10.7 Å². The van der Waals surface area contributed by atoms with Crippen LogP contribution in [0.3, 0.4) is 0 Å². The van der Waals surface area contributed by atoms with Gasteiger partial charge in [0, 0.05) is 38.0 Å². The van der Waals surface area contributed by atoms with E-state index in [0.29, 0.717) is 25.3 Å². The maximum atomic E-state index is 14.1. The number of pyridine rings is 1. The van der Waals surface area contributed by atoms with Gasteiger partial charge in [-0.1, -0.05) is 44.4 Å². The molecule has 2 aliphatic rings. The molecule has 1 fully saturated rings. The van der Waals surface area contributed by atoms with Crippen molar-refractivity contribution in [2.45, 2.75) is 52.1 Å². The van der Waals surface area contributed by atoms with Crippen molar-refractivity contribution in [3.05, 3.63) is 62.0 Å². The first-order valence-electron chi connectivity index (χ1n) is 12.0. The summed E-state index contributed by atoms with van der Waals surface area (Å²) in [4.78, 5) is 40.0. The predicted octanol–water partition coefficient (Wildman–Crippen LogP) is 3.62. The van der Waals surface area contributed by atoms with Gasteiger partial charge in [0.25, 0.3) is 11.8 Å². The lowest BCUT2D eigenvalue weighted by Gasteiger charge is -2.36. The van der Waals surface area contributed by atoms with Crippen LogP contribution in [0.5, 0.6) is 5.75 Å². The van der Waals surface area contributed by atoms with Gasteiger partial charge in [0.05, 0.1) is 6.04 Å². The number of rotatable bonds is 8. The quantitative estimate of drug-likeness (QED) is 0.456. The van der Waals surface area contributed by atoms with Crippen LogP contribution in [0.2, 0.25) is 5.02 Å². The number of nitrogens with zero attached hydrogens (tertiary/aromatic N) is 2. The lowest BCUT2D eigenvalue weighted by molar-refractivity contribution is 0.0637. The number of aliphatic hydroxyl groups excluding tert-OH is 1. The fraction of sp³-hybridized carbons (Fsp3) is 0.480. The largest absolute Gasteiger partial charge is 0.503 e. The Morgan fingerprint density at radius 3 is 2.56 bits per heavy atom. The third-order valence-electron chi connectivity index (χ3n) is 6.21. The van der Waals surface area contributed by atoms with Crippen LogP contribution in [0.25, 0.3) is 0 Å². The number of aromatic nitrogens is 1. The highest BCUT2D eigenvalue weighted by Crippen LogP contribution is 2.39. The number of amides is 2. The normalized spacial score (nSPS) is 16.8. The molecule has 0 radical (unpaired) electrons. The summed E-state index contributed by atoms with van der Waals surface area (Å²) in [5.41, 5.74) is -1.69. The van der Waals surface area contributed by atoms with Gasteiger partial charge in [0.15, 0.2) is 11.4 Å². The number of carbonyl (C=O) groups is 2.